The number of ether oxygens (including phenoxy) is 4. The lowest BCUT2D eigenvalue weighted by molar-refractivity contribution is -0.195. The van der Waals surface area contributed by atoms with Crippen LogP contribution in [-0.4, -0.2) is 25.8 Å². The van der Waals surface area contributed by atoms with Crippen LogP contribution < -0.4 is 4.74 Å². The zero-order valence-corrected chi connectivity index (χ0v) is 16.5. The zero-order valence-electron chi connectivity index (χ0n) is 15.8. The lowest BCUT2D eigenvalue weighted by Crippen LogP contribution is -2.35. The van der Waals surface area contributed by atoms with Gasteiger partial charge in [0.25, 0.3) is 0 Å². The van der Waals surface area contributed by atoms with Gasteiger partial charge in [0.05, 0.1) is 25.4 Å². The number of rotatable bonds is 5. The van der Waals surface area contributed by atoms with Crippen molar-refractivity contribution in [1.82, 2.24) is 0 Å². The summed E-state index contributed by atoms with van der Waals surface area (Å²) in [6.45, 7) is 3.28. The molecule has 1 saturated heterocycles. The molecule has 0 aliphatic carbocycles. The van der Waals surface area contributed by atoms with E-state index in [9.17, 15) is 4.79 Å². The SMILES string of the molecule is CCOC(=O)CCc1ccc2c(c1)C1(CC(c3cccc(Cl)c3)O2)OCCO1. The first-order valence-electron chi connectivity index (χ1n) is 9.59. The van der Waals surface area contributed by atoms with Gasteiger partial charge in [-0.2, -0.15) is 0 Å². The van der Waals surface area contributed by atoms with Gasteiger partial charge in [-0.15, -0.1) is 0 Å². The number of halogens is 1. The lowest BCUT2D eigenvalue weighted by atomic mass is 9.90. The summed E-state index contributed by atoms with van der Waals surface area (Å²) in [6.07, 6.45) is 1.27. The van der Waals surface area contributed by atoms with Gasteiger partial charge in [-0.25, -0.2) is 0 Å². The van der Waals surface area contributed by atoms with Gasteiger partial charge in [0.15, 0.2) is 0 Å². The molecule has 1 spiro atoms. The normalized spacial score (nSPS) is 19.9. The van der Waals surface area contributed by atoms with Crippen LogP contribution in [0, 0.1) is 0 Å². The highest BCUT2D eigenvalue weighted by Gasteiger charge is 2.47. The molecule has 1 fully saturated rings. The maximum atomic E-state index is 11.7. The first kappa shape index (κ1) is 19.2. The van der Waals surface area contributed by atoms with Crippen molar-refractivity contribution in [3.05, 3.63) is 64.2 Å². The van der Waals surface area contributed by atoms with E-state index in [0.29, 0.717) is 44.1 Å². The van der Waals surface area contributed by atoms with E-state index >= 15 is 0 Å². The van der Waals surface area contributed by atoms with Crippen molar-refractivity contribution in [1.29, 1.82) is 0 Å². The standard InChI is InChI=1S/C22H23ClO5/c1-2-25-21(24)9-7-15-6-8-19-18(12-15)22(26-10-11-27-22)14-20(28-19)16-4-3-5-17(23)13-16/h3-6,8,12-13,20H,2,7,9-11,14H2,1H3. The molecule has 0 N–H and O–H groups in total. The zero-order chi connectivity index (χ0) is 19.6. The van der Waals surface area contributed by atoms with E-state index in [4.69, 9.17) is 30.5 Å². The first-order valence-corrected chi connectivity index (χ1v) is 9.96. The molecule has 1 atom stereocenters. The molecule has 0 amide bonds. The average Bonchev–Trinajstić information content (AvgIpc) is 3.15. The highest BCUT2D eigenvalue weighted by molar-refractivity contribution is 6.30. The van der Waals surface area contributed by atoms with Crippen LogP contribution in [0.25, 0.3) is 0 Å². The van der Waals surface area contributed by atoms with Gasteiger partial charge in [-0.05, 0) is 48.7 Å². The van der Waals surface area contributed by atoms with E-state index in [0.717, 1.165) is 22.4 Å². The maximum Gasteiger partial charge on any atom is 0.306 e. The summed E-state index contributed by atoms with van der Waals surface area (Å²) < 4.78 is 23.5. The van der Waals surface area contributed by atoms with Gasteiger partial charge >= 0.3 is 5.97 Å². The number of fused-ring (bicyclic) bond motifs is 2. The van der Waals surface area contributed by atoms with Crippen molar-refractivity contribution in [2.24, 2.45) is 0 Å². The average molecular weight is 403 g/mol. The third kappa shape index (κ3) is 3.88. The number of esters is 1. The largest absolute Gasteiger partial charge is 0.485 e. The number of carbonyl (C=O) groups is 1. The van der Waals surface area contributed by atoms with Crippen molar-refractivity contribution in [3.63, 3.8) is 0 Å². The summed E-state index contributed by atoms with van der Waals surface area (Å²) in [5, 5.41) is 0.670. The molecule has 148 valence electrons. The van der Waals surface area contributed by atoms with E-state index < -0.39 is 5.79 Å². The van der Waals surface area contributed by atoms with Crippen molar-refractivity contribution < 1.29 is 23.7 Å². The van der Waals surface area contributed by atoms with Gasteiger partial charge in [0.1, 0.15) is 11.9 Å². The van der Waals surface area contributed by atoms with E-state index in [-0.39, 0.29) is 12.1 Å². The molecule has 6 heteroatoms. The minimum absolute atomic E-state index is 0.194. The van der Waals surface area contributed by atoms with Gasteiger partial charge in [-0.1, -0.05) is 29.8 Å². The molecule has 0 saturated carbocycles. The topological polar surface area (TPSA) is 54.0 Å². The Hall–Kier alpha value is -2.08. The molecule has 1 unspecified atom stereocenters. The van der Waals surface area contributed by atoms with Crippen LogP contribution in [0.5, 0.6) is 5.75 Å². The highest BCUT2D eigenvalue weighted by Crippen LogP contribution is 2.49. The monoisotopic (exact) mass is 402 g/mol. The molecule has 5 nitrogen and oxygen atoms in total. The Balaban J connectivity index is 1.61. The predicted molar refractivity (Wildman–Crippen MR) is 104 cm³/mol. The number of hydrogen-bond acceptors (Lipinski definition) is 5. The molecule has 0 radical (unpaired) electrons. The highest BCUT2D eigenvalue weighted by atomic mass is 35.5. The Kier molecular flexibility index (Phi) is 5.58. The molecule has 2 heterocycles. The summed E-state index contributed by atoms with van der Waals surface area (Å²) in [6, 6.07) is 13.6. The molecule has 28 heavy (non-hydrogen) atoms. The minimum atomic E-state index is -0.833. The van der Waals surface area contributed by atoms with E-state index in [2.05, 4.69) is 0 Å². The Morgan fingerprint density at radius 1 is 1.21 bits per heavy atom. The molecule has 2 aromatic carbocycles. The molecule has 2 aliphatic rings. The van der Waals surface area contributed by atoms with E-state index in [1.54, 1.807) is 0 Å². The lowest BCUT2D eigenvalue weighted by Gasteiger charge is -2.38. The summed E-state index contributed by atoms with van der Waals surface area (Å²) >= 11 is 6.16. The molecule has 4 rings (SSSR count). The Morgan fingerprint density at radius 2 is 2.04 bits per heavy atom. The number of aryl methyl sites for hydroxylation is 1. The quantitative estimate of drug-likeness (QED) is 0.686. The second-order valence-electron chi connectivity index (χ2n) is 6.95. The van der Waals surface area contributed by atoms with Gasteiger partial charge in [0.2, 0.25) is 5.79 Å². The third-order valence-electron chi connectivity index (χ3n) is 5.08. The Labute approximate surface area is 169 Å². The van der Waals surface area contributed by atoms with Crippen LogP contribution in [0.1, 0.15) is 42.6 Å². The molecular formula is C22H23ClO5. The van der Waals surface area contributed by atoms with Crippen molar-refractivity contribution in [2.75, 3.05) is 19.8 Å². The smallest absolute Gasteiger partial charge is 0.306 e. The molecule has 2 aromatic rings. The molecule has 0 aromatic heterocycles. The molecule has 2 aliphatic heterocycles. The van der Waals surface area contributed by atoms with Crippen LogP contribution in [0.15, 0.2) is 42.5 Å². The number of carbonyl (C=O) groups excluding carboxylic acids is 1. The van der Waals surface area contributed by atoms with Crippen LogP contribution in [0.2, 0.25) is 5.02 Å². The number of benzene rings is 2. The Morgan fingerprint density at radius 3 is 2.79 bits per heavy atom. The van der Waals surface area contributed by atoms with Crippen molar-refractivity contribution >= 4 is 17.6 Å². The Bertz CT molecular complexity index is 860. The van der Waals surface area contributed by atoms with E-state index in [1.165, 1.54) is 0 Å². The van der Waals surface area contributed by atoms with Gasteiger partial charge in [0, 0.05) is 17.9 Å². The van der Waals surface area contributed by atoms with Gasteiger partial charge in [-0.3, -0.25) is 4.79 Å². The van der Waals surface area contributed by atoms with Crippen LogP contribution in [-0.2, 0) is 31.2 Å². The van der Waals surface area contributed by atoms with Crippen molar-refractivity contribution in [3.8, 4) is 5.75 Å². The third-order valence-corrected chi connectivity index (χ3v) is 5.31. The second kappa shape index (κ2) is 8.11. The molecule has 0 bridgehead atoms. The van der Waals surface area contributed by atoms with Crippen LogP contribution in [0.3, 0.4) is 0 Å². The van der Waals surface area contributed by atoms with Crippen LogP contribution >= 0.6 is 11.6 Å². The fourth-order valence-electron chi connectivity index (χ4n) is 3.78. The van der Waals surface area contributed by atoms with Crippen LogP contribution in [0.4, 0.5) is 0 Å². The maximum absolute atomic E-state index is 11.7. The summed E-state index contributed by atoms with van der Waals surface area (Å²) in [4.78, 5) is 11.7. The molecular weight excluding hydrogens is 380 g/mol. The fraction of sp³-hybridized carbons (Fsp3) is 0.409. The number of hydrogen-bond donors (Lipinski definition) is 0. The van der Waals surface area contributed by atoms with Crippen molar-refractivity contribution in [2.45, 2.75) is 38.1 Å². The summed E-state index contributed by atoms with van der Waals surface area (Å²) in [5.74, 6) is -0.292. The predicted octanol–water partition coefficient (Wildman–Crippen LogP) is 4.56. The summed E-state index contributed by atoms with van der Waals surface area (Å²) in [7, 11) is 0. The first-order chi connectivity index (χ1) is 13.6. The summed E-state index contributed by atoms with van der Waals surface area (Å²) in [5.41, 5.74) is 2.89. The minimum Gasteiger partial charge on any atom is -0.485 e. The van der Waals surface area contributed by atoms with E-state index in [1.807, 2.05) is 49.4 Å². The van der Waals surface area contributed by atoms with Gasteiger partial charge < -0.3 is 18.9 Å². The second-order valence-corrected chi connectivity index (χ2v) is 7.39. The fourth-order valence-corrected chi connectivity index (χ4v) is 3.98.